The van der Waals surface area contributed by atoms with Gasteiger partial charge in [0.05, 0.1) is 12.0 Å². The van der Waals surface area contributed by atoms with Crippen molar-refractivity contribution in [2.45, 2.75) is 99.4 Å². The molecule has 4 bridgehead atoms. The third-order valence-corrected chi connectivity index (χ3v) is 6.35. The van der Waals surface area contributed by atoms with Crippen LogP contribution in [0.5, 0.6) is 0 Å². The molecule has 0 aromatic heterocycles. The molecule has 6 N–H and O–H groups in total. The van der Waals surface area contributed by atoms with Crippen molar-refractivity contribution in [1.82, 2.24) is 16.2 Å². The lowest BCUT2D eigenvalue weighted by molar-refractivity contribution is -0.301. The van der Waals surface area contributed by atoms with E-state index in [2.05, 4.69) is 16.2 Å². The maximum atomic E-state index is 14.1. The zero-order chi connectivity index (χ0) is 23.2. The summed E-state index contributed by atoms with van der Waals surface area (Å²) < 4.78 is 115. The van der Waals surface area contributed by atoms with Crippen LogP contribution in [-0.2, 0) is 4.74 Å². The smallest absolute Gasteiger partial charge is 0.377 e. The maximum Gasteiger partial charge on any atom is 0.421 e. The molecular weight excluding hydrogens is 444 g/mol. The highest BCUT2D eigenvalue weighted by Crippen LogP contribution is 2.42. The fraction of sp³-hybridized carbons (Fsp3) is 1.00. The molecule has 182 valence electrons. The van der Waals surface area contributed by atoms with E-state index >= 15 is 0 Å². The Balaban J connectivity index is 1.89. The Labute approximate surface area is 173 Å². The van der Waals surface area contributed by atoms with Gasteiger partial charge in [0.2, 0.25) is 11.5 Å². The minimum absolute atomic E-state index is 0.209. The number of nitrogens with one attached hydrogen (secondary N) is 3. The van der Waals surface area contributed by atoms with E-state index in [1.165, 1.54) is 0 Å². The van der Waals surface area contributed by atoms with E-state index < -0.39 is 92.5 Å². The Morgan fingerprint density at radius 1 is 0.968 bits per heavy atom. The second kappa shape index (κ2) is 8.52. The number of hydrazine groups is 1. The number of piperidine rings is 1. The summed E-state index contributed by atoms with van der Waals surface area (Å²) in [7, 11) is 0. The van der Waals surface area contributed by atoms with Crippen LogP contribution in [0.4, 0.5) is 35.1 Å². The highest BCUT2D eigenvalue weighted by Gasteiger charge is 2.62. The van der Waals surface area contributed by atoms with Crippen LogP contribution >= 0.6 is 0 Å². The third-order valence-electron chi connectivity index (χ3n) is 6.35. The minimum atomic E-state index is -5.21. The van der Waals surface area contributed by atoms with Crippen molar-refractivity contribution in [3.05, 3.63) is 0 Å². The van der Waals surface area contributed by atoms with Crippen molar-refractivity contribution in [2.24, 2.45) is 11.7 Å². The molecular formula is C17H26F8N4O2. The van der Waals surface area contributed by atoms with E-state index in [1.807, 2.05) is 0 Å². The first-order valence-corrected chi connectivity index (χ1v) is 10.1. The average Bonchev–Trinajstić information content (AvgIpc) is 3.10. The SMILES string of the molecule is NC1CC(C(F)(F)F)C2CCCC(F)(F)CCC[C@@](O)(C(F)(F)F)C3NNC(O3)C1N2. The van der Waals surface area contributed by atoms with Crippen molar-refractivity contribution in [1.29, 1.82) is 0 Å². The molecule has 3 heterocycles. The van der Waals surface area contributed by atoms with Crippen LogP contribution in [-0.4, -0.2) is 59.6 Å². The molecule has 3 rings (SSSR count). The van der Waals surface area contributed by atoms with Gasteiger partial charge in [-0.25, -0.2) is 19.6 Å². The summed E-state index contributed by atoms with van der Waals surface area (Å²) in [5.74, 6) is -5.27. The van der Waals surface area contributed by atoms with Gasteiger partial charge < -0.3 is 20.9 Å². The lowest BCUT2D eigenvalue weighted by Gasteiger charge is -2.44. The highest BCUT2D eigenvalue weighted by atomic mass is 19.4. The van der Waals surface area contributed by atoms with E-state index in [4.69, 9.17) is 10.5 Å². The molecule has 0 amide bonds. The van der Waals surface area contributed by atoms with Gasteiger partial charge in [-0.3, -0.25) is 0 Å². The van der Waals surface area contributed by atoms with E-state index in [0.717, 1.165) is 0 Å². The Hall–Kier alpha value is -0.800. The summed E-state index contributed by atoms with van der Waals surface area (Å²) in [5.41, 5.74) is 6.96. The van der Waals surface area contributed by atoms with Crippen molar-refractivity contribution in [3.8, 4) is 0 Å². The second-order valence-corrected chi connectivity index (χ2v) is 8.60. The molecule has 6 unspecified atom stereocenters. The zero-order valence-corrected chi connectivity index (χ0v) is 16.4. The summed E-state index contributed by atoms with van der Waals surface area (Å²) >= 11 is 0. The average molecular weight is 470 g/mol. The van der Waals surface area contributed by atoms with Gasteiger partial charge >= 0.3 is 12.4 Å². The Morgan fingerprint density at radius 2 is 1.61 bits per heavy atom. The summed E-state index contributed by atoms with van der Waals surface area (Å²) in [4.78, 5) is 0. The molecule has 3 fully saturated rings. The largest absolute Gasteiger partial charge is 0.421 e. The molecule has 31 heavy (non-hydrogen) atoms. The van der Waals surface area contributed by atoms with Crippen molar-refractivity contribution >= 4 is 0 Å². The molecule has 0 aromatic carbocycles. The van der Waals surface area contributed by atoms with Gasteiger partial charge in [-0.2, -0.15) is 26.3 Å². The fourth-order valence-corrected chi connectivity index (χ4v) is 4.57. The van der Waals surface area contributed by atoms with E-state index in [1.54, 1.807) is 0 Å². The van der Waals surface area contributed by atoms with Crippen molar-refractivity contribution in [2.75, 3.05) is 0 Å². The van der Waals surface area contributed by atoms with Crippen LogP contribution in [0.3, 0.4) is 0 Å². The fourth-order valence-electron chi connectivity index (χ4n) is 4.57. The van der Waals surface area contributed by atoms with Crippen LogP contribution in [0.1, 0.15) is 44.9 Å². The van der Waals surface area contributed by atoms with Crippen LogP contribution in [0.25, 0.3) is 0 Å². The van der Waals surface area contributed by atoms with E-state index in [0.29, 0.717) is 0 Å². The van der Waals surface area contributed by atoms with Gasteiger partial charge in [-0.05, 0) is 32.1 Å². The molecule has 14 heteroatoms. The number of rotatable bonds is 0. The Morgan fingerprint density at radius 3 is 2.23 bits per heavy atom. The lowest BCUT2D eigenvalue weighted by Crippen LogP contribution is -2.66. The van der Waals surface area contributed by atoms with Gasteiger partial charge in [0.25, 0.3) is 0 Å². The van der Waals surface area contributed by atoms with Gasteiger partial charge in [0.15, 0.2) is 6.23 Å². The maximum absolute atomic E-state index is 14.1. The number of halogens is 8. The van der Waals surface area contributed by atoms with E-state index in [9.17, 15) is 40.2 Å². The predicted molar refractivity (Wildman–Crippen MR) is 91.4 cm³/mol. The normalized spacial score (nSPS) is 42.8. The first-order chi connectivity index (χ1) is 14.1. The highest BCUT2D eigenvalue weighted by molar-refractivity contribution is 5.02. The van der Waals surface area contributed by atoms with Gasteiger partial charge in [0.1, 0.15) is 6.23 Å². The van der Waals surface area contributed by atoms with Gasteiger partial charge in [-0.15, -0.1) is 0 Å². The molecule has 0 aliphatic carbocycles. The molecule has 0 aromatic rings. The number of hydrogen-bond acceptors (Lipinski definition) is 6. The number of fused-ring (bicyclic) bond motifs is 5. The molecule has 3 aliphatic heterocycles. The number of alkyl halides is 8. The van der Waals surface area contributed by atoms with Crippen LogP contribution in [0.2, 0.25) is 0 Å². The van der Waals surface area contributed by atoms with Crippen molar-refractivity contribution < 1.29 is 45.0 Å². The lowest BCUT2D eigenvalue weighted by atomic mass is 9.81. The quantitative estimate of drug-likeness (QED) is 0.349. The molecule has 3 saturated heterocycles. The topological polar surface area (TPSA) is 91.6 Å². The first-order valence-electron chi connectivity index (χ1n) is 10.1. The summed E-state index contributed by atoms with van der Waals surface area (Å²) in [6.45, 7) is 0. The summed E-state index contributed by atoms with van der Waals surface area (Å²) in [6, 6.07) is -3.44. The van der Waals surface area contributed by atoms with Crippen molar-refractivity contribution in [3.63, 3.8) is 0 Å². The number of aliphatic hydroxyl groups is 1. The first kappa shape index (κ1) is 24.8. The van der Waals surface area contributed by atoms with Crippen LogP contribution in [0.15, 0.2) is 0 Å². The summed E-state index contributed by atoms with van der Waals surface area (Å²) in [5, 5.41) is 13.0. The Kier molecular flexibility index (Phi) is 6.83. The Bertz CT molecular complexity index is 634. The summed E-state index contributed by atoms with van der Waals surface area (Å²) in [6.07, 6.45) is -17.6. The second-order valence-electron chi connectivity index (χ2n) is 8.60. The number of ether oxygens (including phenoxy) is 1. The predicted octanol–water partition coefficient (Wildman–Crippen LogP) is 2.28. The molecule has 0 spiro atoms. The number of hydrogen-bond donors (Lipinski definition) is 5. The zero-order valence-electron chi connectivity index (χ0n) is 16.4. The van der Waals surface area contributed by atoms with Gasteiger partial charge in [-0.1, -0.05) is 0 Å². The molecule has 6 nitrogen and oxygen atoms in total. The third kappa shape index (κ3) is 5.24. The molecule has 7 atom stereocenters. The molecule has 3 aliphatic rings. The van der Waals surface area contributed by atoms with Gasteiger partial charge in [0, 0.05) is 24.9 Å². The van der Waals surface area contributed by atoms with Crippen LogP contribution in [0, 0.1) is 5.92 Å². The standard InChI is InChI=1S/C17H26F8N4O2/c18-14(19)4-1-3-10-8(16(20,21)22)7-9(26)11(27-10)12-28-29-13(31-12)15(30,6-2-5-14)17(23,24)25/h8-13,27-30H,1-7,26H2/t8?,9?,10?,11?,12?,13?,15-/m0/s1. The molecule has 0 saturated carbocycles. The number of nitrogens with two attached hydrogens (primary N) is 1. The minimum Gasteiger partial charge on any atom is -0.377 e. The van der Waals surface area contributed by atoms with Crippen LogP contribution < -0.4 is 21.9 Å². The van der Waals surface area contributed by atoms with E-state index in [-0.39, 0.29) is 12.8 Å². The molecule has 0 radical (unpaired) electrons. The monoisotopic (exact) mass is 470 g/mol.